The van der Waals surface area contributed by atoms with Gasteiger partial charge in [0.25, 0.3) is 5.91 Å². The summed E-state index contributed by atoms with van der Waals surface area (Å²) in [6.45, 7) is 4.50. The van der Waals surface area contributed by atoms with E-state index in [4.69, 9.17) is 5.73 Å². The second-order valence-electron chi connectivity index (χ2n) is 4.70. The van der Waals surface area contributed by atoms with Gasteiger partial charge in [-0.3, -0.25) is 9.78 Å². The molecule has 2 rings (SSSR count). The van der Waals surface area contributed by atoms with E-state index in [1.165, 1.54) is 0 Å². The lowest BCUT2D eigenvalue weighted by atomic mass is 10.2. The van der Waals surface area contributed by atoms with E-state index < -0.39 is 0 Å². The van der Waals surface area contributed by atoms with Crippen molar-refractivity contribution in [2.24, 2.45) is 0 Å². The topological polar surface area (TPSA) is 72.9 Å². The summed E-state index contributed by atoms with van der Waals surface area (Å²) in [5.41, 5.74) is 7.95. The zero-order valence-corrected chi connectivity index (χ0v) is 11.1. The first-order chi connectivity index (χ1) is 9.08. The molecule has 1 amide bonds. The van der Waals surface area contributed by atoms with Crippen molar-refractivity contribution in [3.8, 4) is 0 Å². The number of anilines is 1. The Morgan fingerprint density at radius 1 is 1.42 bits per heavy atom. The number of pyridine rings is 1. The average molecular weight is 258 g/mol. The fraction of sp³-hybridized carbons (Fsp3) is 0.286. The van der Waals surface area contributed by atoms with E-state index in [1.54, 1.807) is 24.7 Å². The number of nitrogens with two attached hydrogens (primary N) is 1. The summed E-state index contributed by atoms with van der Waals surface area (Å²) in [5, 5.41) is 2.88. The molecule has 0 aliphatic carbocycles. The number of amides is 1. The number of hydrogen-bond acceptors (Lipinski definition) is 3. The van der Waals surface area contributed by atoms with Crippen LogP contribution in [0.25, 0.3) is 0 Å². The lowest BCUT2D eigenvalue weighted by Crippen LogP contribution is -2.25. The Balaban J connectivity index is 2.08. The van der Waals surface area contributed by atoms with Crippen molar-refractivity contribution in [2.45, 2.75) is 26.4 Å². The Hall–Kier alpha value is -2.30. The Morgan fingerprint density at radius 2 is 2.11 bits per heavy atom. The van der Waals surface area contributed by atoms with Crippen molar-refractivity contribution >= 4 is 11.6 Å². The molecule has 0 unspecified atom stereocenters. The molecule has 2 aromatic heterocycles. The minimum absolute atomic E-state index is 0.123. The van der Waals surface area contributed by atoms with Gasteiger partial charge < -0.3 is 15.6 Å². The monoisotopic (exact) mass is 258 g/mol. The van der Waals surface area contributed by atoms with E-state index in [2.05, 4.69) is 10.3 Å². The van der Waals surface area contributed by atoms with Gasteiger partial charge in [0.2, 0.25) is 0 Å². The Kier molecular flexibility index (Phi) is 3.85. The van der Waals surface area contributed by atoms with Crippen molar-refractivity contribution in [3.05, 3.63) is 48.0 Å². The van der Waals surface area contributed by atoms with Crippen LogP contribution in [0.2, 0.25) is 0 Å². The molecule has 0 aliphatic rings. The molecule has 0 aromatic carbocycles. The van der Waals surface area contributed by atoms with Gasteiger partial charge in [-0.05, 0) is 37.6 Å². The fourth-order valence-corrected chi connectivity index (χ4v) is 1.88. The van der Waals surface area contributed by atoms with Crippen molar-refractivity contribution in [3.63, 3.8) is 0 Å². The number of nitrogens with zero attached hydrogens (tertiary/aromatic N) is 2. The van der Waals surface area contributed by atoms with Crippen molar-refractivity contribution in [1.29, 1.82) is 0 Å². The van der Waals surface area contributed by atoms with E-state index in [-0.39, 0.29) is 11.9 Å². The van der Waals surface area contributed by atoms with Gasteiger partial charge in [0.1, 0.15) is 5.69 Å². The summed E-state index contributed by atoms with van der Waals surface area (Å²) in [6, 6.07) is 5.63. The van der Waals surface area contributed by atoms with Gasteiger partial charge in [0, 0.05) is 31.2 Å². The van der Waals surface area contributed by atoms with Crippen LogP contribution >= 0.6 is 0 Å². The molecule has 0 bridgehead atoms. The lowest BCUT2D eigenvalue weighted by Gasteiger charge is -2.12. The van der Waals surface area contributed by atoms with Crippen LogP contribution in [-0.4, -0.2) is 15.5 Å². The summed E-state index contributed by atoms with van der Waals surface area (Å²) < 4.78 is 1.87. The molecule has 3 N–H and O–H groups in total. The minimum Gasteiger partial charge on any atom is -0.397 e. The molecule has 0 aliphatic heterocycles. The molecule has 0 radical (unpaired) electrons. The van der Waals surface area contributed by atoms with Crippen LogP contribution in [0, 0.1) is 0 Å². The Labute approximate surface area is 112 Å². The second kappa shape index (κ2) is 5.56. The van der Waals surface area contributed by atoms with Crippen LogP contribution in [0.5, 0.6) is 0 Å². The Bertz CT molecular complexity index is 560. The molecular weight excluding hydrogens is 240 g/mol. The quantitative estimate of drug-likeness (QED) is 0.880. The van der Waals surface area contributed by atoms with E-state index in [1.807, 2.05) is 30.5 Å². The van der Waals surface area contributed by atoms with Gasteiger partial charge in [-0.25, -0.2) is 0 Å². The van der Waals surface area contributed by atoms with E-state index in [9.17, 15) is 4.79 Å². The van der Waals surface area contributed by atoms with Gasteiger partial charge in [0.05, 0.1) is 5.69 Å². The van der Waals surface area contributed by atoms with Crippen molar-refractivity contribution in [1.82, 2.24) is 14.9 Å². The van der Waals surface area contributed by atoms with Crippen LogP contribution in [0.15, 0.2) is 36.8 Å². The molecular formula is C14H18N4O. The second-order valence-corrected chi connectivity index (χ2v) is 4.70. The number of rotatable bonds is 4. The SMILES string of the molecule is CC(C)n1cc(N)cc1C(=O)NCc1ccncc1. The number of nitrogen functional groups attached to an aromatic ring is 1. The van der Waals surface area contributed by atoms with Crippen LogP contribution < -0.4 is 11.1 Å². The summed E-state index contributed by atoms with van der Waals surface area (Å²) >= 11 is 0. The van der Waals surface area contributed by atoms with E-state index in [0.29, 0.717) is 17.9 Å². The number of carbonyl (C=O) groups excluding carboxylic acids is 1. The maximum absolute atomic E-state index is 12.2. The number of carbonyl (C=O) groups is 1. The standard InChI is InChI=1S/C14H18N4O/c1-10(2)18-9-12(15)7-13(18)14(19)17-8-11-3-5-16-6-4-11/h3-7,9-10H,8,15H2,1-2H3,(H,17,19). The minimum atomic E-state index is -0.123. The highest BCUT2D eigenvalue weighted by molar-refractivity contribution is 5.93. The molecule has 100 valence electrons. The van der Waals surface area contributed by atoms with Crippen LogP contribution in [-0.2, 0) is 6.54 Å². The van der Waals surface area contributed by atoms with Crippen molar-refractivity contribution < 1.29 is 4.79 Å². The zero-order chi connectivity index (χ0) is 13.8. The molecule has 0 fully saturated rings. The summed E-state index contributed by atoms with van der Waals surface area (Å²) in [5.74, 6) is -0.123. The molecule has 0 atom stereocenters. The van der Waals surface area contributed by atoms with E-state index in [0.717, 1.165) is 5.56 Å². The third kappa shape index (κ3) is 3.13. The number of nitrogens with one attached hydrogen (secondary N) is 1. The molecule has 2 heterocycles. The van der Waals surface area contributed by atoms with Gasteiger partial charge in [-0.15, -0.1) is 0 Å². The first kappa shape index (κ1) is 13.1. The first-order valence-corrected chi connectivity index (χ1v) is 6.22. The van der Waals surface area contributed by atoms with Crippen molar-refractivity contribution in [2.75, 3.05) is 5.73 Å². The fourth-order valence-electron chi connectivity index (χ4n) is 1.88. The first-order valence-electron chi connectivity index (χ1n) is 6.22. The highest BCUT2D eigenvalue weighted by Gasteiger charge is 2.14. The molecule has 0 saturated heterocycles. The lowest BCUT2D eigenvalue weighted by molar-refractivity contribution is 0.0940. The maximum atomic E-state index is 12.2. The summed E-state index contributed by atoms with van der Waals surface area (Å²) in [4.78, 5) is 16.1. The van der Waals surface area contributed by atoms with Crippen LogP contribution in [0.1, 0.15) is 35.9 Å². The summed E-state index contributed by atoms with van der Waals surface area (Å²) in [7, 11) is 0. The van der Waals surface area contributed by atoms with Crippen LogP contribution in [0.3, 0.4) is 0 Å². The third-order valence-corrected chi connectivity index (χ3v) is 2.86. The van der Waals surface area contributed by atoms with Crippen LogP contribution in [0.4, 0.5) is 5.69 Å². The number of aromatic nitrogens is 2. The summed E-state index contributed by atoms with van der Waals surface area (Å²) in [6.07, 6.45) is 5.19. The zero-order valence-electron chi connectivity index (χ0n) is 11.1. The molecule has 0 spiro atoms. The third-order valence-electron chi connectivity index (χ3n) is 2.86. The molecule has 19 heavy (non-hydrogen) atoms. The normalized spacial score (nSPS) is 10.7. The molecule has 0 saturated carbocycles. The van der Waals surface area contributed by atoms with Gasteiger partial charge >= 0.3 is 0 Å². The highest BCUT2D eigenvalue weighted by Crippen LogP contribution is 2.16. The van der Waals surface area contributed by atoms with Gasteiger partial charge in [-0.1, -0.05) is 0 Å². The predicted octanol–water partition coefficient (Wildman–Crippen LogP) is 1.98. The predicted molar refractivity (Wildman–Crippen MR) is 74.6 cm³/mol. The maximum Gasteiger partial charge on any atom is 0.268 e. The highest BCUT2D eigenvalue weighted by atomic mass is 16.1. The van der Waals surface area contributed by atoms with E-state index >= 15 is 0 Å². The Morgan fingerprint density at radius 3 is 2.74 bits per heavy atom. The molecule has 5 nitrogen and oxygen atoms in total. The van der Waals surface area contributed by atoms with Gasteiger partial charge in [0.15, 0.2) is 0 Å². The van der Waals surface area contributed by atoms with Gasteiger partial charge in [-0.2, -0.15) is 0 Å². The smallest absolute Gasteiger partial charge is 0.268 e. The number of hydrogen-bond donors (Lipinski definition) is 2. The molecule has 5 heteroatoms. The largest absolute Gasteiger partial charge is 0.397 e. The average Bonchev–Trinajstić information content (AvgIpc) is 2.79. The molecule has 2 aromatic rings.